The molecule has 6 heteroatoms. The molecule has 2 N–H and O–H groups in total. The number of carbonyl (C=O) groups excluding carboxylic acids is 2. The fourth-order valence-electron chi connectivity index (χ4n) is 1.68. The molecule has 1 aliphatic carbocycles. The van der Waals surface area contributed by atoms with Crippen LogP contribution in [0.15, 0.2) is 23.8 Å². The van der Waals surface area contributed by atoms with Crippen molar-refractivity contribution in [2.75, 3.05) is 7.11 Å². The van der Waals surface area contributed by atoms with Crippen molar-refractivity contribution in [1.29, 1.82) is 0 Å². The van der Waals surface area contributed by atoms with Crippen molar-refractivity contribution in [1.82, 2.24) is 5.48 Å². The van der Waals surface area contributed by atoms with Gasteiger partial charge in [0.25, 0.3) is 5.91 Å². The number of nitrogens with one attached hydrogen (secondary N) is 1. The second-order valence-corrected chi connectivity index (χ2v) is 3.62. The third kappa shape index (κ3) is 4.38. The smallest absolute Gasteiger partial charge is 0.294 e. The highest BCUT2D eigenvalue weighted by atomic mass is 17.2. The van der Waals surface area contributed by atoms with Crippen LogP contribution in [-0.4, -0.2) is 24.2 Å². The lowest BCUT2D eigenvalue weighted by atomic mass is 9.90. The molecule has 6 nitrogen and oxygen atoms in total. The highest BCUT2D eigenvalue weighted by Gasteiger charge is 2.16. The maximum Gasteiger partial charge on any atom is 0.365 e. The molecule has 0 spiro atoms. The molecule has 0 aromatic carbocycles. The van der Waals surface area contributed by atoms with Gasteiger partial charge in [0.15, 0.2) is 0 Å². The van der Waals surface area contributed by atoms with E-state index in [1.807, 2.05) is 0 Å². The number of hydroxylamine groups is 1. The Morgan fingerprint density at radius 1 is 1.59 bits per heavy atom. The molecule has 0 bridgehead atoms. The van der Waals surface area contributed by atoms with Crippen LogP contribution in [0.3, 0.4) is 0 Å². The lowest BCUT2D eigenvalue weighted by molar-refractivity contribution is -0.249. The van der Waals surface area contributed by atoms with E-state index in [9.17, 15) is 9.59 Å². The largest absolute Gasteiger partial charge is 0.365 e. The Kier molecular flexibility index (Phi) is 5.38. The van der Waals surface area contributed by atoms with Gasteiger partial charge in [-0.3, -0.25) is 14.9 Å². The fraction of sp³-hybridized carbons (Fsp3) is 0.455. The zero-order chi connectivity index (χ0) is 12.7. The molecule has 1 unspecified atom stereocenters. The predicted molar refractivity (Wildman–Crippen MR) is 57.6 cm³/mol. The summed E-state index contributed by atoms with van der Waals surface area (Å²) in [5.74, 6) is -1.11. The van der Waals surface area contributed by atoms with Gasteiger partial charge in [-0.25, -0.2) is 10.3 Å². The first kappa shape index (κ1) is 13.4. The minimum Gasteiger partial charge on any atom is -0.294 e. The van der Waals surface area contributed by atoms with Gasteiger partial charge >= 0.3 is 5.97 Å². The number of allylic oxidation sites excluding steroid dienone is 2. The summed E-state index contributed by atoms with van der Waals surface area (Å²) in [5.41, 5.74) is 2.12. The second kappa shape index (κ2) is 6.82. The van der Waals surface area contributed by atoms with Crippen LogP contribution in [0, 0.1) is 5.92 Å². The van der Waals surface area contributed by atoms with E-state index in [0.29, 0.717) is 12.0 Å². The van der Waals surface area contributed by atoms with Gasteiger partial charge in [-0.1, -0.05) is 12.2 Å². The minimum absolute atomic E-state index is 0.0135. The second-order valence-electron chi connectivity index (χ2n) is 3.62. The van der Waals surface area contributed by atoms with Crippen molar-refractivity contribution in [2.45, 2.75) is 19.3 Å². The zero-order valence-corrected chi connectivity index (χ0v) is 9.51. The number of hydrogen-bond acceptors (Lipinski definition) is 5. The topological polar surface area (TPSA) is 84.9 Å². The third-order valence-electron chi connectivity index (χ3n) is 2.44. The van der Waals surface area contributed by atoms with Gasteiger partial charge in [0.2, 0.25) is 0 Å². The maximum atomic E-state index is 11.2. The zero-order valence-electron chi connectivity index (χ0n) is 9.51. The van der Waals surface area contributed by atoms with Gasteiger partial charge in [-0.05, 0) is 25.2 Å². The molecule has 0 fully saturated rings. The van der Waals surface area contributed by atoms with E-state index in [1.54, 1.807) is 17.6 Å². The summed E-state index contributed by atoms with van der Waals surface area (Å²) in [5, 5.41) is 8.51. The fourth-order valence-corrected chi connectivity index (χ4v) is 1.68. The highest BCUT2D eigenvalue weighted by molar-refractivity contribution is 5.92. The molecule has 0 aromatic heterocycles. The molecule has 0 radical (unpaired) electrons. The molecule has 0 aliphatic heterocycles. The van der Waals surface area contributed by atoms with Gasteiger partial charge in [0.1, 0.15) is 0 Å². The summed E-state index contributed by atoms with van der Waals surface area (Å²) in [6.07, 6.45) is 6.92. The molecule has 1 amide bonds. The molecule has 0 saturated carbocycles. The van der Waals surface area contributed by atoms with E-state index in [4.69, 9.17) is 5.21 Å². The number of rotatable bonds is 4. The Labute approximate surface area is 98.8 Å². The monoisotopic (exact) mass is 241 g/mol. The van der Waals surface area contributed by atoms with E-state index in [2.05, 4.69) is 9.78 Å². The first-order valence-electron chi connectivity index (χ1n) is 5.25. The van der Waals surface area contributed by atoms with E-state index in [1.165, 1.54) is 13.2 Å². The molecular formula is C11H15NO5. The van der Waals surface area contributed by atoms with Gasteiger partial charge in [-0.15, -0.1) is 0 Å². The summed E-state index contributed by atoms with van der Waals surface area (Å²) in [6.45, 7) is 0. The van der Waals surface area contributed by atoms with Crippen LogP contribution in [-0.2, 0) is 19.4 Å². The normalized spacial score (nSPS) is 19.9. The molecule has 1 rings (SSSR count). The Morgan fingerprint density at radius 3 is 3.00 bits per heavy atom. The minimum atomic E-state index is -0.598. The van der Waals surface area contributed by atoms with E-state index >= 15 is 0 Å². The molecule has 1 atom stereocenters. The van der Waals surface area contributed by atoms with Crippen molar-refractivity contribution in [3.05, 3.63) is 23.8 Å². The van der Waals surface area contributed by atoms with Crippen molar-refractivity contribution >= 4 is 11.9 Å². The predicted octanol–water partition coefficient (Wildman–Crippen LogP) is 0.879. The van der Waals surface area contributed by atoms with Gasteiger partial charge < -0.3 is 0 Å². The van der Waals surface area contributed by atoms with E-state index in [-0.39, 0.29) is 5.92 Å². The van der Waals surface area contributed by atoms with Gasteiger partial charge in [-0.2, -0.15) is 4.89 Å². The molecular weight excluding hydrogens is 226 g/mol. The van der Waals surface area contributed by atoms with Crippen LogP contribution < -0.4 is 5.48 Å². The third-order valence-corrected chi connectivity index (χ3v) is 2.44. The van der Waals surface area contributed by atoms with Gasteiger partial charge in [0, 0.05) is 11.6 Å². The lowest BCUT2D eigenvalue weighted by Crippen LogP contribution is -2.23. The Morgan fingerprint density at radius 2 is 2.35 bits per heavy atom. The number of carbonyl (C=O) groups is 2. The standard InChI is InChI=1S/C11H15NO5/c1-16-17-10(13)6-5-8-3-2-4-9(7-8)11(14)12-15/h5-8,15H,2-4H2,1H3,(H,12,14)/b6-5+. The average molecular weight is 241 g/mol. The van der Waals surface area contributed by atoms with Crippen molar-refractivity contribution < 1.29 is 24.6 Å². The Balaban J connectivity index is 2.60. The molecule has 17 heavy (non-hydrogen) atoms. The van der Waals surface area contributed by atoms with Crippen molar-refractivity contribution in [2.24, 2.45) is 5.92 Å². The summed E-state index contributed by atoms with van der Waals surface area (Å²) in [6, 6.07) is 0. The summed E-state index contributed by atoms with van der Waals surface area (Å²) in [4.78, 5) is 30.6. The lowest BCUT2D eigenvalue weighted by Gasteiger charge is -2.16. The van der Waals surface area contributed by atoms with Crippen LogP contribution in [0.1, 0.15) is 19.3 Å². The van der Waals surface area contributed by atoms with Crippen LogP contribution in [0.4, 0.5) is 0 Å². The number of hydrogen-bond donors (Lipinski definition) is 2. The van der Waals surface area contributed by atoms with E-state index < -0.39 is 11.9 Å². The Hall–Kier alpha value is -1.66. The maximum absolute atomic E-state index is 11.2. The molecule has 94 valence electrons. The van der Waals surface area contributed by atoms with Gasteiger partial charge in [0.05, 0.1) is 7.11 Å². The van der Waals surface area contributed by atoms with Crippen molar-refractivity contribution in [3.8, 4) is 0 Å². The van der Waals surface area contributed by atoms with Crippen LogP contribution >= 0.6 is 0 Å². The van der Waals surface area contributed by atoms with Crippen LogP contribution in [0.25, 0.3) is 0 Å². The summed E-state index contributed by atoms with van der Waals surface area (Å²) in [7, 11) is 1.25. The quantitative estimate of drug-likeness (QED) is 0.330. The molecule has 1 aliphatic rings. The first-order valence-corrected chi connectivity index (χ1v) is 5.25. The van der Waals surface area contributed by atoms with Crippen molar-refractivity contribution in [3.63, 3.8) is 0 Å². The average Bonchev–Trinajstić information content (AvgIpc) is 2.36. The Bertz CT molecular complexity index is 348. The number of amides is 1. The summed E-state index contributed by atoms with van der Waals surface area (Å²) >= 11 is 0. The highest BCUT2D eigenvalue weighted by Crippen LogP contribution is 2.23. The van der Waals surface area contributed by atoms with E-state index in [0.717, 1.165) is 12.8 Å². The summed E-state index contributed by atoms with van der Waals surface area (Å²) < 4.78 is 0. The first-order chi connectivity index (χ1) is 8.17. The SMILES string of the molecule is COOC(=O)/C=C/C1C=C(C(=O)NO)CCC1. The molecule has 0 heterocycles. The molecule has 0 saturated heterocycles. The molecule has 0 aromatic rings. The van der Waals surface area contributed by atoms with Crippen LogP contribution in [0.2, 0.25) is 0 Å². The van der Waals surface area contributed by atoms with Crippen LogP contribution in [0.5, 0.6) is 0 Å².